The number of nitrogens with zero attached hydrogens (tertiary/aromatic N) is 2. The van der Waals surface area contributed by atoms with Gasteiger partial charge in [-0.15, -0.1) is 0 Å². The predicted molar refractivity (Wildman–Crippen MR) is 64.8 cm³/mol. The van der Waals surface area contributed by atoms with E-state index in [1.807, 2.05) is 25.1 Å². The minimum Gasteiger partial charge on any atom is -0.393 e. The van der Waals surface area contributed by atoms with Crippen LogP contribution in [0.2, 0.25) is 5.02 Å². The van der Waals surface area contributed by atoms with Gasteiger partial charge in [0, 0.05) is 5.56 Å². The van der Waals surface area contributed by atoms with Gasteiger partial charge >= 0.3 is 0 Å². The zero-order valence-electron chi connectivity index (χ0n) is 9.59. The number of halogens is 1. The van der Waals surface area contributed by atoms with Crippen LogP contribution in [-0.2, 0) is 0 Å². The molecule has 17 heavy (non-hydrogen) atoms. The third-order valence-electron chi connectivity index (χ3n) is 2.67. The van der Waals surface area contributed by atoms with Crippen molar-refractivity contribution >= 4 is 11.6 Å². The maximum atomic E-state index is 9.45. The van der Waals surface area contributed by atoms with Gasteiger partial charge in [-0.1, -0.05) is 35.8 Å². The zero-order valence-corrected chi connectivity index (χ0v) is 10.3. The van der Waals surface area contributed by atoms with E-state index in [2.05, 4.69) is 10.1 Å². The van der Waals surface area contributed by atoms with E-state index < -0.39 is 6.10 Å². The molecule has 0 aliphatic carbocycles. The number of benzene rings is 1. The quantitative estimate of drug-likeness (QED) is 0.913. The molecular formula is C12H13ClN2O2. The van der Waals surface area contributed by atoms with Crippen LogP contribution in [0.25, 0.3) is 11.4 Å². The van der Waals surface area contributed by atoms with Gasteiger partial charge in [-0.2, -0.15) is 4.98 Å². The Hall–Kier alpha value is -1.39. The van der Waals surface area contributed by atoms with Gasteiger partial charge in [0.05, 0.1) is 17.0 Å². The molecule has 1 aromatic carbocycles. The fraction of sp³-hybridized carbons (Fsp3) is 0.333. The van der Waals surface area contributed by atoms with Gasteiger partial charge in [0.1, 0.15) is 0 Å². The topological polar surface area (TPSA) is 59.2 Å². The van der Waals surface area contributed by atoms with E-state index in [-0.39, 0.29) is 5.92 Å². The number of aromatic nitrogens is 2. The molecule has 0 aliphatic heterocycles. The van der Waals surface area contributed by atoms with Crippen LogP contribution in [0.5, 0.6) is 0 Å². The summed E-state index contributed by atoms with van der Waals surface area (Å²) in [4.78, 5) is 4.24. The maximum absolute atomic E-state index is 9.45. The van der Waals surface area contributed by atoms with Crippen molar-refractivity contribution in [2.24, 2.45) is 0 Å². The van der Waals surface area contributed by atoms with Crippen molar-refractivity contribution in [1.82, 2.24) is 10.1 Å². The van der Waals surface area contributed by atoms with Crippen LogP contribution in [0.1, 0.15) is 25.7 Å². The van der Waals surface area contributed by atoms with E-state index in [1.165, 1.54) is 0 Å². The van der Waals surface area contributed by atoms with Crippen LogP contribution in [0, 0.1) is 0 Å². The molecule has 1 heterocycles. The van der Waals surface area contributed by atoms with E-state index in [4.69, 9.17) is 16.1 Å². The van der Waals surface area contributed by atoms with E-state index in [0.29, 0.717) is 16.7 Å². The number of rotatable bonds is 3. The molecule has 1 N–H and O–H groups in total. The molecule has 4 nitrogen and oxygen atoms in total. The lowest BCUT2D eigenvalue weighted by molar-refractivity contribution is 0.151. The summed E-state index contributed by atoms with van der Waals surface area (Å²) >= 11 is 6.04. The molecule has 0 saturated heterocycles. The molecule has 5 heteroatoms. The standard InChI is InChI=1S/C12H13ClN2O2/c1-7(8(2)16)12-14-11(15-17-12)9-5-3-4-6-10(9)13/h3-8,16H,1-2H3. The second-order valence-corrected chi connectivity index (χ2v) is 4.37. The van der Waals surface area contributed by atoms with Crippen molar-refractivity contribution in [3.8, 4) is 11.4 Å². The summed E-state index contributed by atoms with van der Waals surface area (Å²) in [6.07, 6.45) is -0.533. The van der Waals surface area contributed by atoms with Gasteiger partial charge in [-0.25, -0.2) is 0 Å². The summed E-state index contributed by atoms with van der Waals surface area (Å²) in [5, 5.41) is 13.9. The Morgan fingerprint density at radius 3 is 2.65 bits per heavy atom. The van der Waals surface area contributed by atoms with Crippen molar-refractivity contribution in [2.75, 3.05) is 0 Å². The highest BCUT2D eigenvalue weighted by Crippen LogP contribution is 2.27. The van der Waals surface area contributed by atoms with Crippen molar-refractivity contribution in [1.29, 1.82) is 0 Å². The summed E-state index contributed by atoms with van der Waals surface area (Å²) < 4.78 is 5.12. The number of hydrogen-bond acceptors (Lipinski definition) is 4. The molecule has 2 rings (SSSR count). The number of aliphatic hydroxyl groups excluding tert-OH is 1. The predicted octanol–water partition coefficient (Wildman–Crippen LogP) is 2.87. The Labute approximate surface area is 104 Å². The van der Waals surface area contributed by atoms with Crippen molar-refractivity contribution in [3.63, 3.8) is 0 Å². The van der Waals surface area contributed by atoms with Gasteiger partial charge in [0.15, 0.2) is 0 Å². The van der Waals surface area contributed by atoms with Gasteiger partial charge < -0.3 is 9.63 Å². The molecule has 0 saturated carbocycles. The van der Waals surface area contributed by atoms with E-state index in [1.54, 1.807) is 13.0 Å². The molecule has 0 bridgehead atoms. The normalized spacial score (nSPS) is 14.6. The van der Waals surface area contributed by atoms with Gasteiger partial charge in [0.2, 0.25) is 11.7 Å². The summed E-state index contributed by atoms with van der Waals surface area (Å²) in [5.74, 6) is 0.659. The van der Waals surface area contributed by atoms with Crippen LogP contribution in [0.15, 0.2) is 28.8 Å². The molecule has 0 radical (unpaired) electrons. The molecule has 90 valence electrons. The van der Waals surface area contributed by atoms with E-state index in [0.717, 1.165) is 5.56 Å². The molecule has 2 unspecified atom stereocenters. The summed E-state index contributed by atoms with van der Waals surface area (Å²) in [6, 6.07) is 7.29. The van der Waals surface area contributed by atoms with Gasteiger partial charge in [-0.3, -0.25) is 0 Å². The highest BCUT2D eigenvalue weighted by atomic mass is 35.5. The SMILES string of the molecule is CC(O)C(C)c1nc(-c2ccccc2Cl)no1. The Balaban J connectivity index is 2.34. The molecule has 2 aromatic rings. The van der Waals surface area contributed by atoms with Crippen molar-refractivity contribution < 1.29 is 9.63 Å². The lowest BCUT2D eigenvalue weighted by Crippen LogP contribution is -2.11. The fourth-order valence-electron chi connectivity index (χ4n) is 1.38. The summed E-state index contributed by atoms with van der Waals surface area (Å²) in [6.45, 7) is 3.51. The van der Waals surface area contributed by atoms with Crippen molar-refractivity contribution in [3.05, 3.63) is 35.2 Å². The monoisotopic (exact) mass is 252 g/mol. The van der Waals surface area contributed by atoms with Crippen LogP contribution < -0.4 is 0 Å². The average Bonchev–Trinajstić information content (AvgIpc) is 2.77. The molecular weight excluding hydrogens is 240 g/mol. The van der Waals surface area contributed by atoms with E-state index in [9.17, 15) is 5.11 Å². The third kappa shape index (κ3) is 2.48. The Morgan fingerprint density at radius 1 is 1.29 bits per heavy atom. The molecule has 0 spiro atoms. The Kier molecular flexibility index (Phi) is 3.45. The lowest BCUT2D eigenvalue weighted by Gasteiger charge is -2.08. The minimum atomic E-state index is -0.533. The largest absolute Gasteiger partial charge is 0.393 e. The molecule has 0 aliphatic rings. The molecule has 0 amide bonds. The maximum Gasteiger partial charge on any atom is 0.232 e. The highest BCUT2D eigenvalue weighted by molar-refractivity contribution is 6.33. The third-order valence-corrected chi connectivity index (χ3v) is 3.00. The smallest absolute Gasteiger partial charge is 0.232 e. The van der Waals surface area contributed by atoms with Gasteiger partial charge in [0.25, 0.3) is 0 Å². The first kappa shape index (κ1) is 12.1. The minimum absolute atomic E-state index is 0.196. The first-order valence-corrected chi connectivity index (χ1v) is 5.74. The lowest BCUT2D eigenvalue weighted by atomic mass is 10.1. The molecule has 1 aromatic heterocycles. The van der Waals surface area contributed by atoms with Crippen LogP contribution in [-0.4, -0.2) is 21.4 Å². The van der Waals surface area contributed by atoms with Crippen LogP contribution >= 0.6 is 11.6 Å². The zero-order chi connectivity index (χ0) is 12.4. The average molecular weight is 253 g/mol. The Bertz CT molecular complexity index is 511. The fourth-order valence-corrected chi connectivity index (χ4v) is 1.60. The first-order valence-electron chi connectivity index (χ1n) is 5.36. The number of aliphatic hydroxyl groups is 1. The molecule has 2 atom stereocenters. The van der Waals surface area contributed by atoms with Crippen LogP contribution in [0.3, 0.4) is 0 Å². The van der Waals surface area contributed by atoms with Crippen molar-refractivity contribution in [2.45, 2.75) is 25.9 Å². The second-order valence-electron chi connectivity index (χ2n) is 3.97. The van der Waals surface area contributed by atoms with E-state index >= 15 is 0 Å². The summed E-state index contributed by atoms with van der Waals surface area (Å²) in [7, 11) is 0. The first-order chi connectivity index (χ1) is 8.09. The highest BCUT2D eigenvalue weighted by Gasteiger charge is 2.20. The Morgan fingerprint density at radius 2 is 2.00 bits per heavy atom. The number of hydrogen-bond donors (Lipinski definition) is 1. The van der Waals surface area contributed by atoms with Crippen LogP contribution in [0.4, 0.5) is 0 Å². The molecule has 0 fully saturated rings. The second kappa shape index (κ2) is 4.85. The van der Waals surface area contributed by atoms with Gasteiger partial charge in [-0.05, 0) is 19.1 Å². The summed E-state index contributed by atoms with van der Waals surface area (Å²) in [5.41, 5.74) is 0.724.